The highest BCUT2D eigenvalue weighted by Gasteiger charge is 2.22. The third kappa shape index (κ3) is 4.40. The Morgan fingerprint density at radius 3 is 2.50 bits per heavy atom. The van der Waals surface area contributed by atoms with E-state index in [9.17, 15) is 0 Å². The molecule has 2 nitrogen and oxygen atoms in total. The second-order valence-corrected chi connectivity index (χ2v) is 2.96. The normalized spacial score (nSPS) is 27.5. The van der Waals surface area contributed by atoms with Crippen LogP contribution in [0.15, 0.2) is 37.0 Å². The average molecular weight is 196 g/mol. The first-order valence-electron chi connectivity index (χ1n) is 4.80. The number of ether oxygens (including phenoxy) is 2. The molecule has 1 saturated heterocycles. The van der Waals surface area contributed by atoms with Crippen molar-refractivity contribution in [3.63, 3.8) is 0 Å². The molecule has 0 saturated carbocycles. The van der Waals surface area contributed by atoms with E-state index in [1.54, 1.807) is 0 Å². The molecule has 2 atom stereocenters. The minimum Gasteiger partial charge on any atom is -0.350 e. The first kappa shape index (κ1) is 13.1. The van der Waals surface area contributed by atoms with E-state index >= 15 is 0 Å². The smallest absolute Gasteiger partial charge is 0.155 e. The van der Waals surface area contributed by atoms with E-state index < -0.39 is 0 Å². The van der Waals surface area contributed by atoms with Gasteiger partial charge in [-0.15, -0.1) is 13.2 Å². The lowest BCUT2D eigenvalue weighted by molar-refractivity contribution is -0.0364. The van der Waals surface area contributed by atoms with Crippen LogP contribution in [0.25, 0.3) is 0 Å². The Balaban J connectivity index is 0.000000791. The third-order valence-corrected chi connectivity index (χ3v) is 1.90. The summed E-state index contributed by atoms with van der Waals surface area (Å²) < 4.78 is 10.8. The van der Waals surface area contributed by atoms with Crippen molar-refractivity contribution in [2.24, 2.45) is 0 Å². The molecule has 2 heteroatoms. The lowest BCUT2D eigenvalue weighted by atomic mass is 10.1. The van der Waals surface area contributed by atoms with Gasteiger partial charge in [-0.1, -0.05) is 18.2 Å². The minimum absolute atomic E-state index is 0.0519. The highest BCUT2D eigenvalue weighted by molar-refractivity contribution is 5.14. The van der Waals surface area contributed by atoms with Crippen LogP contribution >= 0.6 is 0 Å². The average Bonchev–Trinajstić information content (AvgIpc) is 2.64. The Bertz CT molecular complexity index is 206. The number of hydrogen-bond donors (Lipinski definition) is 0. The zero-order valence-corrected chi connectivity index (χ0v) is 9.32. The second-order valence-electron chi connectivity index (χ2n) is 2.96. The van der Waals surface area contributed by atoms with Crippen LogP contribution in [0.5, 0.6) is 0 Å². The summed E-state index contributed by atoms with van der Waals surface area (Å²) >= 11 is 0. The Morgan fingerprint density at radius 2 is 2.07 bits per heavy atom. The summed E-state index contributed by atoms with van der Waals surface area (Å²) in [5.41, 5.74) is 1.22. The predicted molar refractivity (Wildman–Crippen MR) is 60.1 cm³/mol. The molecule has 0 N–H and O–H groups in total. The van der Waals surface area contributed by atoms with Crippen LogP contribution in [-0.2, 0) is 9.47 Å². The van der Waals surface area contributed by atoms with Gasteiger partial charge in [0.1, 0.15) is 6.10 Å². The zero-order chi connectivity index (χ0) is 11.0. The summed E-state index contributed by atoms with van der Waals surface area (Å²) in [6.07, 6.45) is 6.18. The lowest BCUT2D eigenvalue weighted by Gasteiger charge is -2.07. The van der Waals surface area contributed by atoms with Gasteiger partial charge in [0.05, 0.1) is 6.61 Å². The van der Waals surface area contributed by atoms with E-state index in [0.29, 0.717) is 6.61 Å². The molecule has 0 radical (unpaired) electrons. The summed E-state index contributed by atoms with van der Waals surface area (Å²) in [6.45, 7) is 12.7. The van der Waals surface area contributed by atoms with Crippen LogP contribution in [0, 0.1) is 0 Å². The van der Waals surface area contributed by atoms with Crippen LogP contribution < -0.4 is 0 Å². The maximum Gasteiger partial charge on any atom is 0.155 e. The summed E-state index contributed by atoms with van der Waals surface area (Å²) in [5.74, 6) is 0. The van der Waals surface area contributed by atoms with Crippen molar-refractivity contribution in [3.8, 4) is 0 Å². The minimum atomic E-state index is -0.0519. The molecule has 0 bridgehead atoms. The summed E-state index contributed by atoms with van der Waals surface area (Å²) in [7, 11) is 0. The lowest BCUT2D eigenvalue weighted by Crippen LogP contribution is -2.11. The van der Waals surface area contributed by atoms with Crippen LogP contribution in [0.1, 0.15) is 20.8 Å². The maximum absolute atomic E-state index is 5.50. The standard InChI is InChI=1S/C10H16O2.C2H4/c1-4-5-6-8(2)10-7-11-9(3)12-10;1-2/h4-6,9-10H,7H2,1-3H3;1-2H2/b5-4-,8-6+;. The number of allylic oxidation sites excluding steroid dienone is 3. The fraction of sp³-hybridized carbons (Fsp3) is 0.500. The highest BCUT2D eigenvalue weighted by atomic mass is 16.7. The first-order chi connectivity index (χ1) is 6.74. The highest BCUT2D eigenvalue weighted by Crippen LogP contribution is 2.17. The van der Waals surface area contributed by atoms with Crippen LogP contribution in [-0.4, -0.2) is 19.0 Å². The predicted octanol–water partition coefficient (Wildman–Crippen LogP) is 3.07. The summed E-state index contributed by atoms with van der Waals surface area (Å²) in [4.78, 5) is 0. The molecule has 1 aliphatic heterocycles. The molecule has 0 spiro atoms. The Labute approximate surface area is 86.9 Å². The second kappa shape index (κ2) is 7.54. The van der Waals surface area contributed by atoms with Crippen molar-refractivity contribution >= 4 is 0 Å². The van der Waals surface area contributed by atoms with Crippen molar-refractivity contribution in [2.45, 2.75) is 33.2 Å². The van der Waals surface area contributed by atoms with Crippen molar-refractivity contribution in [3.05, 3.63) is 37.0 Å². The summed E-state index contributed by atoms with van der Waals surface area (Å²) in [5, 5.41) is 0. The van der Waals surface area contributed by atoms with Gasteiger partial charge in [-0.25, -0.2) is 0 Å². The molecule has 1 rings (SSSR count). The van der Waals surface area contributed by atoms with Crippen LogP contribution in [0.4, 0.5) is 0 Å². The monoisotopic (exact) mass is 196 g/mol. The molecule has 1 fully saturated rings. The maximum atomic E-state index is 5.50. The third-order valence-electron chi connectivity index (χ3n) is 1.90. The quantitative estimate of drug-likeness (QED) is 0.499. The van der Waals surface area contributed by atoms with Gasteiger partial charge in [-0.2, -0.15) is 0 Å². The zero-order valence-electron chi connectivity index (χ0n) is 9.32. The van der Waals surface area contributed by atoms with Gasteiger partial charge >= 0.3 is 0 Å². The van der Waals surface area contributed by atoms with Gasteiger partial charge in [-0.3, -0.25) is 0 Å². The van der Waals surface area contributed by atoms with Gasteiger partial charge in [-0.05, 0) is 26.3 Å². The molecule has 0 aromatic carbocycles. The van der Waals surface area contributed by atoms with E-state index in [2.05, 4.69) is 26.2 Å². The Hall–Kier alpha value is -0.860. The number of rotatable bonds is 2. The van der Waals surface area contributed by atoms with Crippen LogP contribution in [0.2, 0.25) is 0 Å². The van der Waals surface area contributed by atoms with E-state index in [1.807, 2.05) is 26.0 Å². The van der Waals surface area contributed by atoms with Gasteiger partial charge in [0.25, 0.3) is 0 Å². The van der Waals surface area contributed by atoms with Crippen molar-refractivity contribution in [1.29, 1.82) is 0 Å². The fourth-order valence-electron chi connectivity index (χ4n) is 1.13. The Kier molecular flexibility index (Phi) is 7.07. The SMILES string of the molecule is C/C=C\C=C(/C)C1COC(C)O1.C=C. The van der Waals surface area contributed by atoms with Crippen molar-refractivity contribution in [2.75, 3.05) is 6.61 Å². The molecular weight excluding hydrogens is 176 g/mol. The fourth-order valence-corrected chi connectivity index (χ4v) is 1.13. The van der Waals surface area contributed by atoms with E-state index in [1.165, 1.54) is 5.57 Å². The van der Waals surface area contributed by atoms with Crippen molar-refractivity contribution in [1.82, 2.24) is 0 Å². The molecule has 0 aliphatic carbocycles. The molecule has 0 amide bonds. The molecule has 14 heavy (non-hydrogen) atoms. The van der Waals surface area contributed by atoms with Gasteiger partial charge in [0, 0.05) is 0 Å². The van der Waals surface area contributed by atoms with Gasteiger partial charge in [0.15, 0.2) is 6.29 Å². The van der Waals surface area contributed by atoms with Crippen molar-refractivity contribution < 1.29 is 9.47 Å². The molecule has 0 aromatic heterocycles. The molecule has 80 valence electrons. The van der Waals surface area contributed by atoms with Gasteiger partial charge < -0.3 is 9.47 Å². The molecule has 2 unspecified atom stereocenters. The Morgan fingerprint density at radius 1 is 1.43 bits per heavy atom. The number of hydrogen-bond acceptors (Lipinski definition) is 2. The van der Waals surface area contributed by atoms with E-state index in [4.69, 9.17) is 9.47 Å². The first-order valence-corrected chi connectivity index (χ1v) is 4.80. The van der Waals surface area contributed by atoms with E-state index in [0.717, 1.165) is 0 Å². The van der Waals surface area contributed by atoms with Crippen LogP contribution in [0.3, 0.4) is 0 Å². The summed E-state index contributed by atoms with van der Waals surface area (Å²) in [6, 6.07) is 0. The molecule has 1 heterocycles. The molecular formula is C12H20O2. The molecule has 0 aromatic rings. The van der Waals surface area contributed by atoms with E-state index in [-0.39, 0.29) is 12.4 Å². The topological polar surface area (TPSA) is 18.5 Å². The molecule has 1 aliphatic rings. The van der Waals surface area contributed by atoms with Gasteiger partial charge in [0.2, 0.25) is 0 Å². The largest absolute Gasteiger partial charge is 0.350 e.